The topological polar surface area (TPSA) is 0 Å². The second-order valence-corrected chi connectivity index (χ2v) is 8.69. The molecule has 0 aromatic rings. The van der Waals surface area contributed by atoms with E-state index in [9.17, 15) is 0 Å². The van der Waals surface area contributed by atoms with Crippen molar-refractivity contribution >= 4 is 0 Å². The summed E-state index contributed by atoms with van der Waals surface area (Å²) in [6.07, 6.45) is 13.4. The zero-order valence-corrected chi connectivity index (χ0v) is 18.8. The molecule has 0 aromatic carbocycles. The first-order valence-corrected chi connectivity index (χ1v) is 11.5. The molecular formula is C25H54. The first kappa shape index (κ1) is 27.2. The highest BCUT2D eigenvalue weighted by Gasteiger charge is 2.52. The quantitative estimate of drug-likeness (QED) is 0.417. The normalized spacial score (nSPS) is 33.4. The minimum atomic E-state index is 0. The molecule has 0 spiro atoms. The van der Waals surface area contributed by atoms with Crippen molar-refractivity contribution < 1.29 is 0 Å². The molecule has 0 N–H and O–H groups in total. The molecule has 5 atom stereocenters. The molecule has 0 aliphatic heterocycles. The van der Waals surface area contributed by atoms with Gasteiger partial charge in [0, 0.05) is 0 Å². The summed E-state index contributed by atoms with van der Waals surface area (Å²) in [5.74, 6) is 4.96. The second-order valence-electron chi connectivity index (χ2n) is 8.69. The predicted molar refractivity (Wildman–Crippen MR) is 119 cm³/mol. The van der Waals surface area contributed by atoms with Crippen LogP contribution in [0.4, 0.5) is 0 Å². The number of rotatable bonds is 6. The van der Waals surface area contributed by atoms with Crippen LogP contribution in [0.15, 0.2) is 0 Å². The van der Waals surface area contributed by atoms with Crippen molar-refractivity contribution in [1.82, 2.24) is 0 Å². The Morgan fingerprint density at radius 1 is 0.960 bits per heavy atom. The van der Waals surface area contributed by atoms with E-state index >= 15 is 0 Å². The highest BCUT2D eigenvalue weighted by atomic mass is 14.6. The Morgan fingerprint density at radius 2 is 1.56 bits per heavy atom. The highest BCUT2D eigenvalue weighted by Crippen LogP contribution is 2.61. The van der Waals surface area contributed by atoms with Crippen LogP contribution in [0.25, 0.3) is 0 Å². The van der Waals surface area contributed by atoms with E-state index in [0.29, 0.717) is 5.41 Å². The minimum Gasteiger partial charge on any atom is -0.0776 e. The van der Waals surface area contributed by atoms with Crippen LogP contribution in [0.5, 0.6) is 0 Å². The van der Waals surface area contributed by atoms with E-state index < -0.39 is 0 Å². The minimum absolute atomic E-state index is 0. The lowest BCUT2D eigenvalue weighted by molar-refractivity contribution is 0.00588. The zero-order chi connectivity index (χ0) is 18.8. The van der Waals surface area contributed by atoms with Gasteiger partial charge in [0.1, 0.15) is 0 Å². The van der Waals surface area contributed by atoms with Gasteiger partial charge in [-0.25, -0.2) is 0 Å². The Bertz CT molecular complexity index is 292. The van der Waals surface area contributed by atoms with Gasteiger partial charge in [-0.05, 0) is 73.5 Å². The first-order valence-electron chi connectivity index (χ1n) is 11.5. The molecule has 0 bridgehead atoms. The summed E-state index contributed by atoms with van der Waals surface area (Å²) in [6, 6.07) is 0. The van der Waals surface area contributed by atoms with Crippen molar-refractivity contribution in [2.75, 3.05) is 0 Å². The maximum atomic E-state index is 2.67. The number of unbranched alkanes of at least 4 members (excludes halogenated alkanes) is 2. The molecule has 2 saturated carbocycles. The van der Waals surface area contributed by atoms with Crippen LogP contribution >= 0.6 is 0 Å². The molecule has 2 aliphatic rings. The van der Waals surface area contributed by atoms with Crippen molar-refractivity contribution in [3.8, 4) is 0 Å². The van der Waals surface area contributed by atoms with Gasteiger partial charge in [0.25, 0.3) is 0 Å². The van der Waals surface area contributed by atoms with E-state index in [2.05, 4.69) is 34.6 Å². The molecule has 2 aliphatic carbocycles. The third-order valence-electron chi connectivity index (χ3n) is 6.89. The van der Waals surface area contributed by atoms with E-state index in [1.54, 1.807) is 0 Å². The van der Waals surface area contributed by atoms with Crippen molar-refractivity contribution in [2.24, 2.45) is 35.0 Å². The molecule has 0 heteroatoms. The molecule has 0 amide bonds. The molecule has 2 rings (SSSR count). The number of hydrogen-bond acceptors (Lipinski definition) is 0. The summed E-state index contributed by atoms with van der Waals surface area (Å²) in [5.41, 5.74) is 0.694. The van der Waals surface area contributed by atoms with E-state index in [0.717, 1.165) is 29.6 Å². The smallest absolute Gasteiger partial charge is 0.0266 e. The highest BCUT2D eigenvalue weighted by molar-refractivity contribution is 5.01. The van der Waals surface area contributed by atoms with Crippen LogP contribution in [0.3, 0.4) is 0 Å². The standard InChI is InChI=1S/C20H38.2C2H6.CH4/c1-6-7-8-9-17-10-11-19-18(14-15(2)3)16(4)12-13-20(17,19)5;2*1-2;/h15-19H,6-14H2,1-5H3;2*1-2H3;1H4. The molecular weight excluding hydrogens is 300 g/mol. The molecule has 5 unspecified atom stereocenters. The Morgan fingerprint density at radius 3 is 2.08 bits per heavy atom. The van der Waals surface area contributed by atoms with Gasteiger partial charge < -0.3 is 0 Å². The van der Waals surface area contributed by atoms with Gasteiger partial charge in [-0.15, -0.1) is 0 Å². The molecule has 0 nitrogen and oxygen atoms in total. The fraction of sp³-hybridized carbons (Fsp3) is 1.00. The van der Waals surface area contributed by atoms with Crippen molar-refractivity contribution in [2.45, 2.75) is 128 Å². The number of hydrogen-bond donors (Lipinski definition) is 0. The van der Waals surface area contributed by atoms with Crippen molar-refractivity contribution in [1.29, 1.82) is 0 Å². The maximum Gasteiger partial charge on any atom is -0.0266 e. The lowest BCUT2D eigenvalue weighted by atomic mass is 9.56. The van der Waals surface area contributed by atoms with Crippen LogP contribution < -0.4 is 0 Å². The monoisotopic (exact) mass is 354 g/mol. The van der Waals surface area contributed by atoms with Gasteiger partial charge in [0.2, 0.25) is 0 Å². The summed E-state index contributed by atoms with van der Waals surface area (Å²) in [7, 11) is 0. The lowest BCUT2D eigenvalue weighted by Gasteiger charge is -2.49. The van der Waals surface area contributed by atoms with E-state index in [1.165, 1.54) is 57.8 Å². The molecule has 25 heavy (non-hydrogen) atoms. The summed E-state index contributed by atoms with van der Waals surface area (Å²) >= 11 is 0. The first-order chi connectivity index (χ1) is 11.5. The van der Waals surface area contributed by atoms with Crippen LogP contribution in [0.1, 0.15) is 128 Å². The van der Waals surface area contributed by atoms with Crippen LogP contribution in [-0.4, -0.2) is 0 Å². The molecule has 0 aromatic heterocycles. The fourth-order valence-corrected chi connectivity index (χ4v) is 5.64. The Kier molecular flexibility index (Phi) is 15.4. The fourth-order valence-electron chi connectivity index (χ4n) is 5.64. The molecule has 2 fully saturated rings. The summed E-state index contributed by atoms with van der Waals surface area (Å²) in [6.45, 7) is 20.4. The summed E-state index contributed by atoms with van der Waals surface area (Å²) in [4.78, 5) is 0. The zero-order valence-electron chi connectivity index (χ0n) is 18.8. The number of fused-ring (bicyclic) bond motifs is 1. The Balaban J connectivity index is 0. The second kappa shape index (κ2) is 14.1. The third kappa shape index (κ3) is 7.26. The molecule has 0 radical (unpaired) electrons. The van der Waals surface area contributed by atoms with Crippen molar-refractivity contribution in [3.05, 3.63) is 0 Å². The Hall–Kier alpha value is 0. The lowest BCUT2D eigenvalue weighted by Crippen LogP contribution is -2.41. The van der Waals surface area contributed by atoms with E-state index in [4.69, 9.17) is 0 Å². The van der Waals surface area contributed by atoms with Crippen molar-refractivity contribution in [3.63, 3.8) is 0 Å². The summed E-state index contributed by atoms with van der Waals surface area (Å²) < 4.78 is 0. The van der Waals surface area contributed by atoms with Gasteiger partial charge in [-0.1, -0.05) is 89.0 Å². The van der Waals surface area contributed by atoms with E-state index in [-0.39, 0.29) is 7.43 Å². The SMILES string of the molecule is C.CC.CC.CCCCCC1CCC2C(CC(C)C)C(C)CCC12C. The van der Waals surface area contributed by atoms with Crippen LogP contribution in [0.2, 0.25) is 0 Å². The average molecular weight is 355 g/mol. The molecule has 154 valence electrons. The van der Waals surface area contributed by atoms with Gasteiger partial charge >= 0.3 is 0 Å². The van der Waals surface area contributed by atoms with Gasteiger partial charge in [-0.3, -0.25) is 0 Å². The largest absolute Gasteiger partial charge is 0.0776 e. The molecule has 0 heterocycles. The van der Waals surface area contributed by atoms with Crippen LogP contribution in [-0.2, 0) is 0 Å². The molecule has 0 saturated heterocycles. The van der Waals surface area contributed by atoms with Gasteiger partial charge in [-0.2, -0.15) is 0 Å². The predicted octanol–water partition coefficient (Wildman–Crippen LogP) is 9.38. The third-order valence-corrected chi connectivity index (χ3v) is 6.89. The Labute approximate surface area is 163 Å². The average Bonchev–Trinajstić information content (AvgIpc) is 2.92. The maximum absolute atomic E-state index is 2.67. The van der Waals surface area contributed by atoms with Gasteiger partial charge in [0.15, 0.2) is 0 Å². The summed E-state index contributed by atoms with van der Waals surface area (Å²) in [5, 5.41) is 0. The van der Waals surface area contributed by atoms with Gasteiger partial charge in [0.05, 0.1) is 0 Å². The van der Waals surface area contributed by atoms with E-state index in [1.807, 2.05) is 27.7 Å². The van der Waals surface area contributed by atoms with Crippen LogP contribution in [0, 0.1) is 35.0 Å².